The van der Waals surface area contributed by atoms with Crippen molar-refractivity contribution >= 4 is 17.5 Å². The Labute approximate surface area is 164 Å². The molecule has 1 atom stereocenters. The molecule has 0 fully saturated rings. The number of alkyl halides is 2. The minimum Gasteiger partial charge on any atom is -0.435 e. The summed E-state index contributed by atoms with van der Waals surface area (Å²) < 4.78 is 32.4. The Bertz CT molecular complexity index is 985. The maximum Gasteiger partial charge on any atom is 0.387 e. The summed E-state index contributed by atoms with van der Waals surface area (Å²) in [4.78, 5) is 13.0. The molecule has 10 heteroatoms. The number of Topliss-reactive ketones (excluding diaryl/α,β-unsaturated/α-hetero) is 1. The van der Waals surface area contributed by atoms with Crippen molar-refractivity contribution in [2.24, 2.45) is 7.05 Å². The second-order valence-corrected chi connectivity index (χ2v) is 7.51. The van der Waals surface area contributed by atoms with Gasteiger partial charge in [-0.05, 0) is 61.5 Å². The van der Waals surface area contributed by atoms with Gasteiger partial charge in [0.1, 0.15) is 5.75 Å². The predicted octanol–water partition coefficient (Wildman–Crippen LogP) is 3.58. The maximum atomic E-state index is 13.0. The fourth-order valence-corrected chi connectivity index (χ4v) is 3.76. The van der Waals surface area contributed by atoms with E-state index in [1.807, 2.05) is 31.4 Å². The van der Waals surface area contributed by atoms with Crippen molar-refractivity contribution < 1.29 is 18.3 Å². The molecule has 2 heterocycles. The minimum atomic E-state index is -2.87. The zero-order valence-electron chi connectivity index (χ0n) is 15.8. The topological polar surface area (TPSA) is 74.8 Å². The van der Waals surface area contributed by atoms with Crippen LogP contribution in [-0.4, -0.2) is 42.4 Å². The Balaban J connectivity index is 1.85. The van der Waals surface area contributed by atoms with E-state index >= 15 is 0 Å². The number of aryl methyl sites for hydroxylation is 2. The van der Waals surface area contributed by atoms with Crippen LogP contribution in [0.3, 0.4) is 0 Å². The van der Waals surface area contributed by atoms with Gasteiger partial charge in [0, 0.05) is 29.7 Å². The Morgan fingerprint density at radius 1 is 1.21 bits per heavy atom. The molecule has 0 aliphatic heterocycles. The molecule has 1 aromatic carbocycles. The molecule has 0 aliphatic carbocycles. The lowest BCUT2D eigenvalue weighted by Gasteiger charge is -2.12. The van der Waals surface area contributed by atoms with Crippen LogP contribution in [-0.2, 0) is 7.05 Å². The third kappa shape index (κ3) is 4.06. The van der Waals surface area contributed by atoms with Crippen LogP contribution < -0.4 is 4.74 Å². The van der Waals surface area contributed by atoms with E-state index < -0.39 is 6.61 Å². The third-order valence-corrected chi connectivity index (χ3v) is 5.37. The number of aromatic nitrogens is 5. The monoisotopic (exact) mass is 407 g/mol. The van der Waals surface area contributed by atoms with Gasteiger partial charge < -0.3 is 9.30 Å². The quantitative estimate of drug-likeness (QED) is 0.440. The summed E-state index contributed by atoms with van der Waals surface area (Å²) >= 11 is 1.29. The van der Waals surface area contributed by atoms with Crippen molar-refractivity contribution in [1.82, 2.24) is 24.8 Å². The number of hydrogen-bond donors (Lipinski definition) is 0. The molecule has 0 N–H and O–H groups in total. The van der Waals surface area contributed by atoms with Crippen LogP contribution in [0.15, 0.2) is 35.5 Å². The van der Waals surface area contributed by atoms with Gasteiger partial charge in [-0.1, -0.05) is 11.8 Å². The zero-order chi connectivity index (χ0) is 20.4. The number of carbonyl (C=O) groups excluding carboxylic acids is 1. The predicted molar refractivity (Wildman–Crippen MR) is 100 cm³/mol. The molecular formula is C18H19F2N5O2S. The smallest absolute Gasteiger partial charge is 0.387 e. The summed E-state index contributed by atoms with van der Waals surface area (Å²) in [6.45, 7) is 2.68. The Hall–Kier alpha value is -2.75. The lowest BCUT2D eigenvalue weighted by atomic mass is 10.1. The molecule has 0 amide bonds. The minimum absolute atomic E-state index is 0.0370. The van der Waals surface area contributed by atoms with Gasteiger partial charge in [-0.2, -0.15) is 8.78 Å². The summed E-state index contributed by atoms with van der Waals surface area (Å²) in [5, 5.41) is 11.4. The van der Waals surface area contributed by atoms with Crippen LogP contribution in [0, 0.1) is 13.8 Å². The van der Waals surface area contributed by atoms with Crippen LogP contribution in [0.25, 0.3) is 5.69 Å². The molecule has 0 aliphatic rings. The number of benzene rings is 1. The number of nitrogens with zero attached hydrogens (tertiary/aromatic N) is 5. The van der Waals surface area contributed by atoms with E-state index in [0.717, 1.165) is 17.1 Å². The number of halogens is 2. The van der Waals surface area contributed by atoms with Gasteiger partial charge in [-0.3, -0.25) is 4.79 Å². The molecule has 148 valence electrons. The number of tetrazole rings is 1. The van der Waals surface area contributed by atoms with Crippen LogP contribution in [0.2, 0.25) is 0 Å². The van der Waals surface area contributed by atoms with E-state index in [4.69, 9.17) is 0 Å². The van der Waals surface area contributed by atoms with Gasteiger partial charge in [-0.25, -0.2) is 4.68 Å². The lowest BCUT2D eigenvalue weighted by Crippen LogP contribution is -2.15. The lowest BCUT2D eigenvalue weighted by molar-refractivity contribution is -0.0498. The van der Waals surface area contributed by atoms with Crippen molar-refractivity contribution in [3.8, 4) is 11.4 Å². The molecule has 28 heavy (non-hydrogen) atoms. The molecule has 3 aromatic rings. The number of carbonyl (C=O) groups is 1. The molecule has 0 saturated carbocycles. The van der Waals surface area contributed by atoms with Crippen LogP contribution >= 0.6 is 11.8 Å². The number of thioether (sulfide) groups is 1. The van der Waals surface area contributed by atoms with E-state index in [0.29, 0.717) is 10.7 Å². The van der Waals surface area contributed by atoms with Crippen molar-refractivity contribution in [2.45, 2.75) is 37.8 Å². The standard InChI is InChI=1S/C18H19F2N5O2S/c1-10-9-15(16(26)12(3)28-18-21-22-23-24(18)4)11(2)25(10)13-5-7-14(8-6-13)27-17(19)20/h5-9,12,17H,1-4H3/t12-/m1/s1. The Morgan fingerprint density at radius 3 is 2.46 bits per heavy atom. The van der Waals surface area contributed by atoms with E-state index in [1.165, 1.54) is 28.6 Å². The van der Waals surface area contributed by atoms with Gasteiger partial charge in [0.2, 0.25) is 5.16 Å². The molecule has 7 nitrogen and oxygen atoms in total. The van der Waals surface area contributed by atoms with Gasteiger partial charge in [0.15, 0.2) is 5.78 Å². The summed E-state index contributed by atoms with van der Waals surface area (Å²) in [6, 6.07) is 8.13. The molecule has 0 bridgehead atoms. The summed E-state index contributed by atoms with van der Waals surface area (Å²) in [5.41, 5.74) is 2.99. The molecule has 0 unspecified atom stereocenters. The van der Waals surface area contributed by atoms with Crippen molar-refractivity contribution in [1.29, 1.82) is 0 Å². The van der Waals surface area contributed by atoms with Gasteiger partial charge >= 0.3 is 6.61 Å². The first kappa shape index (κ1) is 20.0. The van der Waals surface area contributed by atoms with E-state index in [1.54, 1.807) is 19.2 Å². The van der Waals surface area contributed by atoms with Crippen molar-refractivity contribution in [3.05, 3.63) is 47.3 Å². The second kappa shape index (κ2) is 8.09. The molecule has 2 aromatic heterocycles. The van der Waals surface area contributed by atoms with Gasteiger partial charge in [0.05, 0.1) is 5.25 Å². The highest BCUT2D eigenvalue weighted by Gasteiger charge is 2.24. The summed E-state index contributed by atoms with van der Waals surface area (Å²) in [6.07, 6.45) is 0. The van der Waals surface area contributed by atoms with Crippen LogP contribution in [0.1, 0.15) is 28.7 Å². The first-order valence-corrected chi connectivity index (χ1v) is 9.33. The fraction of sp³-hybridized carbons (Fsp3) is 0.333. The molecule has 0 spiro atoms. The van der Waals surface area contributed by atoms with Crippen molar-refractivity contribution in [3.63, 3.8) is 0 Å². The second-order valence-electron chi connectivity index (χ2n) is 6.20. The fourth-order valence-electron chi connectivity index (χ4n) is 2.94. The zero-order valence-corrected chi connectivity index (χ0v) is 16.6. The molecule has 3 rings (SSSR count). The number of ketones is 1. The van der Waals surface area contributed by atoms with E-state index in [2.05, 4.69) is 20.3 Å². The van der Waals surface area contributed by atoms with E-state index in [-0.39, 0.29) is 16.8 Å². The molecule has 0 radical (unpaired) electrons. The average molecular weight is 407 g/mol. The maximum absolute atomic E-state index is 13.0. The highest BCUT2D eigenvalue weighted by Crippen LogP contribution is 2.28. The third-order valence-electron chi connectivity index (χ3n) is 4.25. The van der Waals surface area contributed by atoms with E-state index in [9.17, 15) is 13.6 Å². The SMILES string of the molecule is Cc1cc(C(=O)[C@@H](C)Sc2nnnn2C)c(C)n1-c1ccc(OC(F)F)cc1. The van der Waals surface area contributed by atoms with Crippen LogP contribution in [0.5, 0.6) is 5.75 Å². The number of rotatable bonds is 7. The average Bonchev–Trinajstić information content (AvgIpc) is 3.17. The van der Waals surface area contributed by atoms with Gasteiger partial charge in [0.25, 0.3) is 0 Å². The number of hydrogen-bond acceptors (Lipinski definition) is 6. The van der Waals surface area contributed by atoms with Gasteiger partial charge in [-0.15, -0.1) is 5.10 Å². The first-order chi connectivity index (χ1) is 13.3. The van der Waals surface area contributed by atoms with Crippen LogP contribution in [0.4, 0.5) is 8.78 Å². The normalized spacial score (nSPS) is 12.4. The highest BCUT2D eigenvalue weighted by atomic mass is 32.2. The molecule has 0 saturated heterocycles. The highest BCUT2D eigenvalue weighted by molar-refractivity contribution is 8.00. The Kier molecular flexibility index (Phi) is 5.78. The summed E-state index contributed by atoms with van der Waals surface area (Å²) in [5.74, 6) is 0.0461. The Morgan fingerprint density at radius 2 is 1.89 bits per heavy atom. The summed E-state index contributed by atoms with van der Waals surface area (Å²) in [7, 11) is 1.72. The molecular weight excluding hydrogens is 388 g/mol. The number of ether oxygens (including phenoxy) is 1. The first-order valence-electron chi connectivity index (χ1n) is 8.45. The van der Waals surface area contributed by atoms with Crippen molar-refractivity contribution in [2.75, 3.05) is 0 Å². The largest absolute Gasteiger partial charge is 0.435 e.